The van der Waals surface area contributed by atoms with Gasteiger partial charge in [0.2, 0.25) is 5.91 Å². The third-order valence-corrected chi connectivity index (χ3v) is 3.91. The number of rotatable bonds is 3. The Kier molecular flexibility index (Phi) is 6.21. The zero-order valence-corrected chi connectivity index (χ0v) is 11.7. The normalized spacial score (nSPS) is 27.5. The Morgan fingerprint density at radius 3 is 2.72 bits per heavy atom. The highest BCUT2D eigenvalue weighted by Crippen LogP contribution is 2.37. The molecule has 0 radical (unpaired) electrons. The number of aliphatic hydroxyl groups is 1. The molecule has 1 aliphatic carbocycles. The Hall–Kier alpha value is -1.01. The second-order valence-corrected chi connectivity index (χ2v) is 5.66. The van der Waals surface area contributed by atoms with Crippen LogP contribution in [0.15, 0.2) is 0 Å². The van der Waals surface area contributed by atoms with Crippen molar-refractivity contribution in [3.8, 4) is 11.8 Å². The van der Waals surface area contributed by atoms with Crippen LogP contribution in [0.4, 0.5) is 0 Å². The molecule has 3 nitrogen and oxygen atoms in total. The van der Waals surface area contributed by atoms with Crippen molar-refractivity contribution in [3.05, 3.63) is 0 Å². The lowest BCUT2D eigenvalue weighted by Crippen LogP contribution is -2.40. The number of nitrogens with one attached hydrogen (secondary N) is 1. The SMILES string of the molecule is CC1CCC(C(C)C)C(C(=O)NCC#CCO)C1. The van der Waals surface area contributed by atoms with Crippen LogP contribution in [0.25, 0.3) is 0 Å². The highest BCUT2D eigenvalue weighted by atomic mass is 16.2. The first-order valence-electron chi connectivity index (χ1n) is 6.90. The van der Waals surface area contributed by atoms with E-state index in [1.54, 1.807) is 0 Å². The van der Waals surface area contributed by atoms with E-state index in [4.69, 9.17) is 5.11 Å². The fourth-order valence-electron chi connectivity index (χ4n) is 2.88. The molecule has 3 atom stereocenters. The van der Waals surface area contributed by atoms with Crippen LogP contribution in [0.1, 0.15) is 40.0 Å². The summed E-state index contributed by atoms with van der Waals surface area (Å²) in [6, 6.07) is 0. The second-order valence-electron chi connectivity index (χ2n) is 5.66. The summed E-state index contributed by atoms with van der Waals surface area (Å²) in [5, 5.41) is 11.4. The molecule has 1 rings (SSSR count). The van der Waals surface area contributed by atoms with Crippen LogP contribution in [0.5, 0.6) is 0 Å². The molecule has 0 heterocycles. The Labute approximate surface area is 110 Å². The van der Waals surface area contributed by atoms with Crippen molar-refractivity contribution < 1.29 is 9.90 Å². The van der Waals surface area contributed by atoms with Gasteiger partial charge in [-0.05, 0) is 30.6 Å². The molecule has 2 N–H and O–H groups in total. The van der Waals surface area contributed by atoms with E-state index in [0.717, 1.165) is 12.8 Å². The van der Waals surface area contributed by atoms with Gasteiger partial charge >= 0.3 is 0 Å². The standard InChI is InChI=1S/C15H25NO2/c1-11(2)13-7-6-12(3)10-14(13)15(18)16-8-4-5-9-17/h11-14,17H,6-10H2,1-3H3,(H,16,18). The lowest BCUT2D eigenvalue weighted by atomic mass is 9.70. The van der Waals surface area contributed by atoms with E-state index >= 15 is 0 Å². The van der Waals surface area contributed by atoms with Gasteiger partial charge in [0.25, 0.3) is 0 Å². The number of hydrogen-bond donors (Lipinski definition) is 2. The molecule has 1 aliphatic rings. The van der Waals surface area contributed by atoms with E-state index in [2.05, 4.69) is 37.9 Å². The number of aliphatic hydroxyl groups excluding tert-OH is 1. The van der Waals surface area contributed by atoms with E-state index in [1.165, 1.54) is 6.42 Å². The summed E-state index contributed by atoms with van der Waals surface area (Å²) < 4.78 is 0. The molecular formula is C15H25NO2. The van der Waals surface area contributed by atoms with Gasteiger partial charge in [0, 0.05) is 5.92 Å². The van der Waals surface area contributed by atoms with E-state index in [1.807, 2.05) is 0 Å². The van der Waals surface area contributed by atoms with Crippen LogP contribution >= 0.6 is 0 Å². The van der Waals surface area contributed by atoms with E-state index in [9.17, 15) is 4.79 Å². The average Bonchev–Trinajstić information content (AvgIpc) is 2.34. The molecule has 18 heavy (non-hydrogen) atoms. The number of carbonyl (C=O) groups is 1. The molecular weight excluding hydrogens is 226 g/mol. The minimum atomic E-state index is -0.148. The number of hydrogen-bond acceptors (Lipinski definition) is 2. The summed E-state index contributed by atoms with van der Waals surface area (Å²) in [4.78, 5) is 12.2. The fraction of sp³-hybridized carbons (Fsp3) is 0.800. The topological polar surface area (TPSA) is 49.3 Å². The van der Waals surface area contributed by atoms with Crippen LogP contribution in [0.2, 0.25) is 0 Å². The van der Waals surface area contributed by atoms with Gasteiger partial charge < -0.3 is 10.4 Å². The van der Waals surface area contributed by atoms with Gasteiger partial charge in [-0.2, -0.15) is 0 Å². The Morgan fingerprint density at radius 1 is 1.39 bits per heavy atom. The maximum absolute atomic E-state index is 12.2. The number of carbonyl (C=O) groups excluding carboxylic acids is 1. The van der Waals surface area contributed by atoms with Crippen LogP contribution in [-0.2, 0) is 4.79 Å². The van der Waals surface area contributed by atoms with Crippen molar-refractivity contribution >= 4 is 5.91 Å². The summed E-state index contributed by atoms with van der Waals surface area (Å²) in [5.41, 5.74) is 0. The molecule has 3 heteroatoms. The molecule has 1 amide bonds. The summed E-state index contributed by atoms with van der Waals surface area (Å²) in [5.74, 6) is 7.21. The van der Waals surface area contributed by atoms with E-state index in [0.29, 0.717) is 24.3 Å². The van der Waals surface area contributed by atoms with Crippen molar-refractivity contribution in [2.75, 3.05) is 13.2 Å². The first-order valence-corrected chi connectivity index (χ1v) is 6.90. The zero-order valence-electron chi connectivity index (χ0n) is 11.7. The molecule has 0 aromatic heterocycles. The molecule has 1 fully saturated rings. The summed E-state index contributed by atoms with van der Waals surface area (Å²) in [7, 11) is 0. The van der Waals surface area contributed by atoms with Crippen molar-refractivity contribution in [1.29, 1.82) is 0 Å². The van der Waals surface area contributed by atoms with Crippen LogP contribution in [-0.4, -0.2) is 24.2 Å². The Balaban J connectivity index is 2.55. The van der Waals surface area contributed by atoms with Gasteiger partial charge in [0.1, 0.15) is 6.61 Å². The number of amides is 1. The quantitative estimate of drug-likeness (QED) is 0.752. The monoisotopic (exact) mass is 251 g/mol. The minimum absolute atomic E-state index is 0.129. The van der Waals surface area contributed by atoms with Gasteiger partial charge in [-0.15, -0.1) is 0 Å². The molecule has 0 aromatic carbocycles. The van der Waals surface area contributed by atoms with Gasteiger partial charge in [-0.25, -0.2) is 0 Å². The minimum Gasteiger partial charge on any atom is -0.384 e. The van der Waals surface area contributed by atoms with Gasteiger partial charge in [0.15, 0.2) is 0 Å². The summed E-state index contributed by atoms with van der Waals surface area (Å²) >= 11 is 0. The molecule has 3 unspecified atom stereocenters. The average molecular weight is 251 g/mol. The second kappa shape index (κ2) is 7.43. The molecule has 0 saturated heterocycles. The third-order valence-electron chi connectivity index (χ3n) is 3.91. The van der Waals surface area contributed by atoms with Crippen molar-refractivity contribution in [2.45, 2.75) is 40.0 Å². The predicted octanol–water partition coefficient (Wildman–Crippen LogP) is 1.81. The van der Waals surface area contributed by atoms with Gasteiger partial charge in [0.05, 0.1) is 6.54 Å². The highest BCUT2D eigenvalue weighted by Gasteiger charge is 2.34. The summed E-state index contributed by atoms with van der Waals surface area (Å²) in [6.07, 6.45) is 3.37. The van der Waals surface area contributed by atoms with Crippen LogP contribution in [0.3, 0.4) is 0 Å². The maximum atomic E-state index is 12.2. The first-order chi connectivity index (χ1) is 8.56. The first kappa shape index (κ1) is 15.0. The molecule has 1 saturated carbocycles. The van der Waals surface area contributed by atoms with Gasteiger partial charge in [-0.3, -0.25) is 4.79 Å². The third kappa shape index (κ3) is 4.34. The molecule has 102 valence electrons. The van der Waals surface area contributed by atoms with Crippen LogP contribution in [0, 0.1) is 35.5 Å². The lowest BCUT2D eigenvalue weighted by molar-refractivity contribution is -0.129. The lowest BCUT2D eigenvalue weighted by Gasteiger charge is -2.36. The predicted molar refractivity (Wildman–Crippen MR) is 72.7 cm³/mol. The zero-order chi connectivity index (χ0) is 13.5. The molecule has 0 aromatic rings. The fourth-order valence-corrected chi connectivity index (χ4v) is 2.88. The highest BCUT2D eigenvalue weighted by molar-refractivity contribution is 5.79. The van der Waals surface area contributed by atoms with E-state index < -0.39 is 0 Å². The largest absolute Gasteiger partial charge is 0.384 e. The molecule has 0 bridgehead atoms. The van der Waals surface area contributed by atoms with Crippen molar-refractivity contribution in [2.24, 2.45) is 23.7 Å². The van der Waals surface area contributed by atoms with Crippen molar-refractivity contribution in [1.82, 2.24) is 5.32 Å². The smallest absolute Gasteiger partial charge is 0.224 e. The van der Waals surface area contributed by atoms with Crippen molar-refractivity contribution in [3.63, 3.8) is 0 Å². The summed E-state index contributed by atoms with van der Waals surface area (Å²) in [6.45, 7) is 6.82. The van der Waals surface area contributed by atoms with Gasteiger partial charge in [-0.1, -0.05) is 39.0 Å². The molecule has 0 spiro atoms. The maximum Gasteiger partial charge on any atom is 0.224 e. The molecule has 0 aliphatic heterocycles. The van der Waals surface area contributed by atoms with E-state index in [-0.39, 0.29) is 18.4 Å². The Bertz CT molecular complexity index is 327. The van der Waals surface area contributed by atoms with Crippen LogP contribution < -0.4 is 5.32 Å². The Morgan fingerprint density at radius 2 is 2.11 bits per heavy atom.